The number of unbranched alkanes of at least 4 members (excludes halogenated alkanes) is 22. The van der Waals surface area contributed by atoms with Crippen LogP contribution < -0.4 is 0 Å². The second-order valence-corrected chi connectivity index (χ2v) is 19.5. The third kappa shape index (κ3) is 58.6. The van der Waals surface area contributed by atoms with E-state index < -0.39 is 6.10 Å². The molecule has 0 aliphatic carbocycles. The average Bonchev–Trinajstić information content (AvgIpc) is 3.39. The lowest BCUT2D eigenvalue weighted by Crippen LogP contribution is -2.30. The van der Waals surface area contributed by atoms with Gasteiger partial charge in [-0.15, -0.1) is 0 Å². The first-order chi connectivity index (χ1) is 36.0. The van der Waals surface area contributed by atoms with Gasteiger partial charge in [0.2, 0.25) is 0 Å². The summed E-state index contributed by atoms with van der Waals surface area (Å²) in [6.45, 7) is 6.42. The lowest BCUT2D eigenvalue weighted by molar-refractivity contribution is -0.167. The molecule has 0 aliphatic heterocycles. The van der Waals surface area contributed by atoms with Crippen molar-refractivity contribution in [2.75, 3.05) is 13.2 Å². The Labute approximate surface area is 450 Å². The van der Waals surface area contributed by atoms with Crippen LogP contribution in [0.3, 0.4) is 0 Å². The third-order valence-electron chi connectivity index (χ3n) is 12.4. The number of rotatable bonds is 53. The fourth-order valence-corrected chi connectivity index (χ4v) is 7.97. The van der Waals surface area contributed by atoms with Gasteiger partial charge in [-0.05, 0) is 109 Å². The Hall–Kier alpha value is -4.19. The molecular formula is C67H110O6. The van der Waals surface area contributed by atoms with Gasteiger partial charge in [0.1, 0.15) is 13.2 Å². The maximum absolute atomic E-state index is 12.9. The van der Waals surface area contributed by atoms with E-state index >= 15 is 0 Å². The van der Waals surface area contributed by atoms with Crippen molar-refractivity contribution in [1.29, 1.82) is 0 Å². The van der Waals surface area contributed by atoms with Gasteiger partial charge in [-0.1, -0.05) is 258 Å². The Kier molecular flexibility index (Phi) is 56.9. The van der Waals surface area contributed by atoms with Crippen LogP contribution in [0.15, 0.2) is 122 Å². The standard InChI is InChI=1S/C67H110O6/c1-4-7-10-13-16-19-22-25-27-28-29-30-31-32-33-34-35-36-37-38-40-42-45-48-51-54-57-60-66(69)72-63-64(62-71-65(68)59-56-53-50-47-44-41-24-21-18-15-12-9-6-3)73-67(70)61-58-55-52-49-46-43-39-26-23-20-17-14-11-8-5-2/h7,10,12,15-16,19,21,24-25,27,29-30,32-33,35-36,38,40,45,48,64H,4-6,8-9,11,13-14,17-18,20,22-23,26,28,31,34,37,39,41-44,46-47,49-63H2,1-3H3/b10-7-,15-12-,19-16-,24-21-,27-25-,30-29-,33-32-,36-35-,40-38-,48-45-. The molecule has 0 radical (unpaired) electrons. The minimum absolute atomic E-state index is 0.0999. The Morgan fingerprint density at radius 2 is 0.562 bits per heavy atom. The fraction of sp³-hybridized carbons (Fsp3) is 0.657. The predicted molar refractivity (Wildman–Crippen MR) is 316 cm³/mol. The van der Waals surface area contributed by atoms with E-state index in [2.05, 4.69) is 142 Å². The number of ether oxygens (including phenoxy) is 3. The van der Waals surface area contributed by atoms with Gasteiger partial charge >= 0.3 is 17.9 Å². The highest BCUT2D eigenvalue weighted by Gasteiger charge is 2.19. The number of carbonyl (C=O) groups excluding carboxylic acids is 3. The molecule has 73 heavy (non-hydrogen) atoms. The normalized spacial score (nSPS) is 13.0. The molecule has 1 unspecified atom stereocenters. The molecule has 0 aliphatic rings. The zero-order valence-corrected chi connectivity index (χ0v) is 47.4. The minimum Gasteiger partial charge on any atom is -0.462 e. The molecule has 0 bridgehead atoms. The smallest absolute Gasteiger partial charge is 0.306 e. The number of carbonyl (C=O) groups is 3. The summed E-state index contributed by atoms with van der Waals surface area (Å²) in [5.74, 6) is -0.956. The molecule has 0 aromatic carbocycles. The van der Waals surface area contributed by atoms with E-state index in [1.165, 1.54) is 83.5 Å². The molecule has 0 amide bonds. The molecule has 0 heterocycles. The van der Waals surface area contributed by atoms with Crippen molar-refractivity contribution in [3.63, 3.8) is 0 Å². The second-order valence-electron chi connectivity index (χ2n) is 19.5. The van der Waals surface area contributed by atoms with Gasteiger partial charge in [0.25, 0.3) is 0 Å². The van der Waals surface area contributed by atoms with Gasteiger partial charge in [-0.25, -0.2) is 0 Å². The van der Waals surface area contributed by atoms with Crippen LogP contribution in [0.2, 0.25) is 0 Å². The van der Waals surface area contributed by atoms with Crippen molar-refractivity contribution in [1.82, 2.24) is 0 Å². The van der Waals surface area contributed by atoms with Gasteiger partial charge in [-0.3, -0.25) is 14.4 Å². The summed E-state index contributed by atoms with van der Waals surface area (Å²) in [7, 11) is 0. The maximum atomic E-state index is 12.9. The van der Waals surface area contributed by atoms with Crippen LogP contribution >= 0.6 is 0 Å². The summed E-state index contributed by atoms with van der Waals surface area (Å²) >= 11 is 0. The van der Waals surface area contributed by atoms with Gasteiger partial charge in [0.05, 0.1) is 0 Å². The summed E-state index contributed by atoms with van der Waals surface area (Å²) in [4.78, 5) is 38.2. The molecule has 1 atom stereocenters. The monoisotopic (exact) mass is 1010 g/mol. The van der Waals surface area contributed by atoms with E-state index in [9.17, 15) is 14.4 Å². The quantitative estimate of drug-likeness (QED) is 0.0261. The van der Waals surface area contributed by atoms with E-state index in [0.717, 1.165) is 135 Å². The van der Waals surface area contributed by atoms with Gasteiger partial charge in [0, 0.05) is 19.3 Å². The average molecular weight is 1010 g/mol. The minimum atomic E-state index is -0.803. The van der Waals surface area contributed by atoms with E-state index in [1.807, 2.05) is 0 Å². The summed E-state index contributed by atoms with van der Waals surface area (Å²) in [5.41, 5.74) is 0. The molecule has 0 aromatic rings. The van der Waals surface area contributed by atoms with Crippen molar-refractivity contribution in [3.8, 4) is 0 Å². The van der Waals surface area contributed by atoms with Crippen molar-refractivity contribution >= 4 is 17.9 Å². The zero-order valence-electron chi connectivity index (χ0n) is 47.4. The maximum Gasteiger partial charge on any atom is 0.306 e. The molecule has 414 valence electrons. The lowest BCUT2D eigenvalue weighted by Gasteiger charge is -2.18. The van der Waals surface area contributed by atoms with Crippen LogP contribution in [-0.4, -0.2) is 37.2 Å². The van der Waals surface area contributed by atoms with Gasteiger partial charge in [0.15, 0.2) is 6.10 Å². The Morgan fingerprint density at radius 3 is 0.918 bits per heavy atom. The van der Waals surface area contributed by atoms with Crippen molar-refractivity contribution in [3.05, 3.63) is 122 Å². The second kappa shape index (κ2) is 60.4. The van der Waals surface area contributed by atoms with E-state index in [0.29, 0.717) is 25.7 Å². The van der Waals surface area contributed by atoms with Crippen LogP contribution in [0.25, 0.3) is 0 Å². The molecule has 0 spiro atoms. The van der Waals surface area contributed by atoms with Gasteiger partial charge in [-0.2, -0.15) is 0 Å². The predicted octanol–water partition coefficient (Wildman–Crippen LogP) is 20.4. The number of esters is 3. The fourth-order valence-electron chi connectivity index (χ4n) is 7.97. The lowest BCUT2D eigenvalue weighted by atomic mass is 10.0. The highest BCUT2D eigenvalue weighted by molar-refractivity contribution is 5.71. The summed E-state index contributed by atoms with van der Waals surface area (Å²) < 4.78 is 16.8. The number of allylic oxidation sites excluding steroid dienone is 20. The highest BCUT2D eigenvalue weighted by atomic mass is 16.6. The van der Waals surface area contributed by atoms with E-state index in [-0.39, 0.29) is 31.1 Å². The van der Waals surface area contributed by atoms with E-state index in [4.69, 9.17) is 14.2 Å². The first-order valence-electron chi connectivity index (χ1n) is 30.0. The van der Waals surface area contributed by atoms with Crippen LogP contribution in [0.4, 0.5) is 0 Å². The molecule has 6 heteroatoms. The number of hydrogen-bond acceptors (Lipinski definition) is 6. The Bertz CT molecular complexity index is 1540. The molecule has 0 fully saturated rings. The SMILES string of the molecule is CC/C=C\C/C=C\C/C=C\C/C=C\C/C=C\C/C=C\C/C=C\C/C=C\CCCCC(=O)OCC(COC(=O)CCCCCCC/C=C\C/C=C\CCC)OC(=O)CCCCCCCCCCCCCCCCC. The summed E-state index contributed by atoms with van der Waals surface area (Å²) in [6.07, 6.45) is 83.4. The molecule has 0 saturated carbocycles. The Balaban J connectivity index is 4.42. The Morgan fingerprint density at radius 1 is 0.288 bits per heavy atom. The van der Waals surface area contributed by atoms with Crippen LogP contribution in [-0.2, 0) is 28.6 Å². The first kappa shape index (κ1) is 68.8. The topological polar surface area (TPSA) is 78.9 Å². The van der Waals surface area contributed by atoms with E-state index in [1.54, 1.807) is 0 Å². The van der Waals surface area contributed by atoms with Crippen LogP contribution in [0.1, 0.15) is 265 Å². The van der Waals surface area contributed by atoms with Crippen molar-refractivity contribution < 1.29 is 28.6 Å². The molecule has 0 N–H and O–H groups in total. The molecular weight excluding hydrogens is 901 g/mol. The van der Waals surface area contributed by atoms with Crippen LogP contribution in [0.5, 0.6) is 0 Å². The zero-order chi connectivity index (χ0) is 52.9. The molecule has 0 aromatic heterocycles. The third-order valence-corrected chi connectivity index (χ3v) is 12.4. The van der Waals surface area contributed by atoms with Gasteiger partial charge < -0.3 is 14.2 Å². The van der Waals surface area contributed by atoms with Crippen molar-refractivity contribution in [2.24, 2.45) is 0 Å². The molecule has 0 saturated heterocycles. The molecule has 6 nitrogen and oxygen atoms in total. The highest BCUT2D eigenvalue weighted by Crippen LogP contribution is 2.15. The van der Waals surface area contributed by atoms with Crippen LogP contribution in [0, 0.1) is 0 Å². The first-order valence-corrected chi connectivity index (χ1v) is 30.0. The largest absolute Gasteiger partial charge is 0.462 e. The summed E-state index contributed by atoms with van der Waals surface area (Å²) in [5, 5.41) is 0. The summed E-state index contributed by atoms with van der Waals surface area (Å²) in [6, 6.07) is 0. The van der Waals surface area contributed by atoms with Crippen molar-refractivity contribution in [2.45, 2.75) is 271 Å². The number of hydrogen-bond donors (Lipinski definition) is 0. The molecule has 0 rings (SSSR count).